The summed E-state index contributed by atoms with van der Waals surface area (Å²) in [5.74, 6) is 1.33. The van der Waals surface area contributed by atoms with Crippen molar-refractivity contribution in [3.8, 4) is 5.75 Å². The van der Waals surface area contributed by atoms with E-state index in [1.165, 1.54) is 0 Å². The molecule has 0 bridgehead atoms. The molecule has 0 aliphatic carbocycles. The van der Waals surface area contributed by atoms with Crippen molar-refractivity contribution in [1.82, 2.24) is 5.32 Å². The Morgan fingerprint density at radius 2 is 1.82 bits per heavy atom. The van der Waals surface area contributed by atoms with Gasteiger partial charge in [-0.05, 0) is 30.5 Å². The van der Waals surface area contributed by atoms with Crippen LogP contribution in [0.15, 0.2) is 24.3 Å². The van der Waals surface area contributed by atoms with E-state index in [2.05, 4.69) is 19.2 Å². The van der Waals surface area contributed by atoms with E-state index < -0.39 is 0 Å². The van der Waals surface area contributed by atoms with Crippen molar-refractivity contribution in [3.63, 3.8) is 0 Å². The molecule has 1 aromatic carbocycles. The predicted molar refractivity (Wildman–Crippen MR) is 69.1 cm³/mol. The minimum absolute atomic E-state index is 0.0661. The predicted octanol–water partition coefficient (Wildman–Crippen LogP) is 2.40. The number of carbonyl (C=O) groups excluding carboxylic acids is 1. The van der Waals surface area contributed by atoms with Gasteiger partial charge in [-0.15, -0.1) is 0 Å². The van der Waals surface area contributed by atoms with E-state index in [0.29, 0.717) is 12.3 Å². The number of hydrogen-bond donors (Lipinski definition) is 1. The molecule has 0 saturated carbocycles. The maximum absolute atomic E-state index is 11.7. The van der Waals surface area contributed by atoms with Crippen molar-refractivity contribution < 1.29 is 9.53 Å². The molecule has 0 saturated heterocycles. The third kappa shape index (κ3) is 4.47. The zero-order valence-electron chi connectivity index (χ0n) is 11.0. The first-order chi connectivity index (χ1) is 8.02. The van der Waals surface area contributed by atoms with Gasteiger partial charge in [0.2, 0.25) is 5.91 Å². The minimum atomic E-state index is 0.0661. The van der Waals surface area contributed by atoms with E-state index in [9.17, 15) is 4.79 Å². The van der Waals surface area contributed by atoms with Crippen LogP contribution in [0.25, 0.3) is 0 Å². The third-order valence-electron chi connectivity index (χ3n) is 2.91. The molecule has 0 aliphatic heterocycles. The largest absolute Gasteiger partial charge is 0.497 e. The summed E-state index contributed by atoms with van der Waals surface area (Å²) in [5.41, 5.74) is 0.999. The van der Waals surface area contributed by atoms with Crippen LogP contribution in [-0.2, 0) is 11.2 Å². The van der Waals surface area contributed by atoms with Crippen LogP contribution in [0.2, 0.25) is 0 Å². The van der Waals surface area contributed by atoms with Gasteiger partial charge in [0.1, 0.15) is 5.75 Å². The first kappa shape index (κ1) is 13.6. The molecule has 3 heteroatoms. The molecule has 17 heavy (non-hydrogen) atoms. The Bertz CT molecular complexity index is 357. The highest BCUT2D eigenvalue weighted by atomic mass is 16.5. The Kier molecular flexibility index (Phi) is 5.01. The first-order valence-electron chi connectivity index (χ1n) is 5.95. The lowest BCUT2D eigenvalue weighted by Crippen LogP contribution is -2.37. The van der Waals surface area contributed by atoms with Crippen molar-refractivity contribution in [1.29, 1.82) is 0 Å². The van der Waals surface area contributed by atoms with E-state index in [4.69, 9.17) is 4.74 Å². The summed E-state index contributed by atoms with van der Waals surface area (Å²) in [6.45, 7) is 6.22. The lowest BCUT2D eigenvalue weighted by Gasteiger charge is -2.17. The smallest absolute Gasteiger partial charge is 0.224 e. The standard InChI is InChI=1S/C14H21NO2/c1-10(2)11(3)15-14(16)9-12-5-7-13(17-4)8-6-12/h5-8,10-11H,9H2,1-4H3,(H,15,16)/t11-/m1/s1. The van der Waals surface area contributed by atoms with E-state index in [1.54, 1.807) is 7.11 Å². The average Bonchev–Trinajstić information content (AvgIpc) is 2.29. The number of hydrogen-bond acceptors (Lipinski definition) is 2. The van der Waals surface area contributed by atoms with Crippen LogP contribution in [0, 0.1) is 5.92 Å². The Morgan fingerprint density at radius 3 is 2.29 bits per heavy atom. The van der Waals surface area contributed by atoms with Gasteiger partial charge < -0.3 is 10.1 Å². The van der Waals surface area contributed by atoms with Crippen molar-refractivity contribution in [3.05, 3.63) is 29.8 Å². The van der Waals surface area contributed by atoms with Crippen molar-refractivity contribution in [2.75, 3.05) is 7.11 Å². The molecule has 3 nitrogen and oxygen atoms in total. The number of benzene rings is 1. The van der Waals surface area contributed by atoms with E-state index >= 15 is 0 Å². The maximum Gasteiger partial charge on any atom is 0.224 e. The highest BCUT2D eigenvalue weighted by molar-refractivity contribution is 5.78. The van der Waals surface area contributed by atoms with Crippen LogP contribution in [0.5, 0.6) is 5.75 Å². The molecule has 0 spiro atoms. The van der Waals surface area contributed by atoms with Crippen molar-refractivity contribution >= 4 is 5.91 Å². The molecule has 1 N–H and O–H groups in total. The Labute approximate surface area is 103 Å². The monoisotopic (exact) mass is 235 g/mol. The Balaban J connectivity index is 2.50. The van der Waals surface area contributed by atoms with Gasteiger partial charge in [0.15, 0.2) is 0 Å². The van der Waals surface area contributed by atoms with Gasteiger partial charge in [-0.25, -0.2) is 0 Å². The van der Waals surface area contributed by atoms with Gasteiger partial charge in [0.25, 0.3) is 0 Å². The van der Waals surface area contributed by atoms with Gasteiger partial charge in [0.05, 0.1) is 13.5 Å². The van der Waals surface area contributed by atoms with E-state index in [-0.39, 0.29) is 11.9 Å². The van der Waals surface area contributed by atoms with Gasteiger partial charge in [-0.3, -0.25) is 4.79 Å². The number of nitrogens with one attached hydrogen (secondary N) is 1. The molecular formula is C14H21NO2. The summed E-state index contributed by atoms with van der Waals surface area (Å²) in [6, 6.07) is 7.78. The number of ether oxygens (including phenoxy) is 1. The number of amides is 1. The van der Waals surface area contributed by atoms with Gasteiger partial charge in [-0.1, -0.05) is 26.0 Å². The lowest BCUT2D eigenvalue weighted by molar-refractivity contribution is -0.121. The highest BCUT2D eigenvalue weighted by Gasteiger charge is 2.10. The van der Waals surface area contributed by atoms with E-state index in [1.807, 2.05) is 31.2 Å². The fraction of sp³-hybridized carbons (Fsp3) is 0.500. The molecular weight excluding hydrogens is 214 g/mol. The number of methoxy groups -OCH3 is 1. The lowest BCUT2D eigenvalue weighted by atomic mass is 10.1. The van der Waals surface area contributed by atoms with Crippen molar-refractivity contribution in [2.45, 2.75) is 33.2 Å². The van der Waals surface area contributed by atoms with Crippen LogP contribution in [0.3, 0.4) is 0 Å². The van der Waals surface area contributed by atoms with E-state index in [0.717, 1.165) is 11.3 Å². The van der Waals surface area contributed by atoms with Crippen molar-refractivity contribution in [2.24, 2.45) is 5.92 Å². The Morgan fingerprint density at radius 1 is 1.24 bits per heavy atom. The molecule has 1 aromatic rings. The van der Waals surface area contributed by atoms with Crippen LogP contribution in [0.1, 0.15) is 26.3 Å². The number of rotatable bonds is 5. The quantitative estimate of drug-likeness (QED) is 0.851. The first-order valence-corrected chi connectivity index (χ1v) is 5.95. The summed E-state index contributed by atoms with van der Waals surface area (Å²) in [5, 5.41) is 2.99. The molecule has 0 radical (unpaired) electrons. The normalized spacial score (nSPS) is 12.3. The molecule has 0 fully saturated rings. The summed E-state index contributed by atoms with van der Waals surface area (Å²) >= 11 is 0. The average molecular weight is 235 g/mol. The molecule has 0 unspecified atom stereocenters. The second kappa shape index (κ2) is 6.28. The molecule has 94 valence electrons. The molecule has 1 atom stereocenters. The van der Waals surface area contributed by atoms with Crippen LogP contribution in [-0.4, -0.2) is 19.1 Å². The van der Waals surface area contributed by atoms with Crippen LogP contribution >= 0.6 is 0 Å². The molecule has 0 heterocycles. The van der Waals surface area contributed by atoms with Gasteiger partial charge in [0, 0.05) is 6.04 Å². The third-order valence-corrected chi connectivity index (χ3v) is 2.91. The fourth-order valence-corrected chi connectivity index (χ4v) is 1.40. The van der Waals surface area contributed by atoms with Crippen LogP contribution < -0.4 is 10.1 Å². The van der Waals surface area contributed by atoms with Gasteiger partial charge in [-0.2, -0.15) is 0 Å². The summed E-state index contributed by atoms with van der Waals surface area (Å²) in [4.78, 5) is 11.7. The molecule has 0 aromatic heterocycles. The zero-order valence-corrected chi connectivity index (χ0v) is 11.0. The maximum atomic E-state index is 11.7. The topological polar surface area (TPSA) is 38.3 Å². The number of carbonyl (C=O) groups is 1. The summed E-state index contributed by atoms with van der Waals surface area (Å²) in [7, 11) is 1.63. The second-order valence-electron chi connectivity index (χ2n) is 4.63. The molecule has 1 rings (SSSR count). The minimum Gasteiger partial charge on any atom is -0.497 e. The second-order valence-corrected chi connectivity index (χ2v) is 4.63. The summed E-state index contributed by atoms with van der Waals surface area (Å²) < 4.78 is 5.07. The fourth-order valence-electron chi connectivity index (χ4n) is 1.40. The van der Waals surface area contributed by atoms with Crippen LogP contribution in [0.4, 0.5) is 0 Å². The molecule has 0 aliphatic rings. The van der Waals surface area contributed by atoms with Gasteiger partial charge >= 0.3 is 0 Å². The molecule has 1 amide bonds. The Hall–Kier alpha value is -1.51. The zero-order chi connectivity index (χ0) is 12.8. The highest BCUT2D eigenvalue weighted by Crippen LogP contribution is 2.11. The SMILES string of the molecule is COc1ccc(CC(=O)N[C@H](C)C(C)C)cc1. The summed E-state index contributed by atoms with van der Waals surface area (Å²) in [6.07, 6.45) is 0.418.